The Balaban J connectivity index is 2.26. The van der Waals surface area contributed by atoms with Crippen LogP contribution in [0.25, 0.3) is 10.6 Å². The Bertz CT molecular complexity index is 517. The molecular weight excluding hydrogens is 270 g/mol. The van der Waals surface area contributed by atoms with Crippen LogP contribution in [0.2, 0.25) is 0 Å². The average molecular weight is 278 g/mol. The van der Waals surface area contributed by atoms with E-state index in [1.54, 1.807) is 6.07 Å². The van der Waals surface area contributed by atoms with Gasteiger partial charge in [0, 0.05) is 11.4 Å². The van der Waals surface area contributed by atoms with Crippen molar-refractivity contribution in [2.75, 3.05) is 6.67 Å². The summed E-state index contributed by atoms with van der Waals surface area (Å²) in [6.07, 6.45) is -3.78. The van der Waals surface area contributed by atoms with Gasteiger partial charge in [-0.15, -0.1) is 11.3 Å². The van der Waals surface area contributed by atoms with Crippen LogP contribution >= 0.6 is 11.3 Å². The van der Waals surface area contributed by atoms with Gasteiger partial charge in [0.15, 0.2) is 0 Å². The molecule has 1 radical (unpaired) electrons. The van der Waals surface area contributed by atoms with Crippen molar-refractivity contribution in [2.45, 2.75) is 19.0 Å². The maximum atomic E-state index is 12.4. The zero-order valence-corrected chi connectivity index (χ0v) is 9.87. The third-order valence-corrected chi connectivity index (χ3v) is 3.20. The molecule has 2 aromatic rings. The smallest absolute Gasteiger partial charge is 0.351 e. The highest BCUT2D eigenvalue weighted by molar-refractivity contribution is 7.13. The summed E-state index contributed by atoms with van der Waals surface area (Å²) >= 11 is 1.14. The predicted octanol–water partition coefficient (Wildman–Crippen LogP) is 4.12. The Kier molecular flexibility index (Phi) is 3.70. The Morgan fingerprint density at radius 1 is 1.39 bits per heavy atom. The van der Waals surface area contributed by atoms with E-state index in [0.29, 0.717) is 17.7 Å². The summed E-state index contributed by atoms with van der Waals surface area (Å²) in [7, 11) is 0. The number of hydrogen-bond donors (Lipinski definition) is 0. The standard InChI is InChI=1S/C11H8F4NOS/c12-4-1-2-7-3-5-18-10(7)8-6-9(17-16-8)11(13,14)15/h3,6H,1-2,4H2. The fourth-order valence-corrected chi connectivity index (χ4v) is 2.28. The molecule has 0 amide bonds. The minimum absolute atomic E-state index is 0.113. The first-order valence-corrected chi connectivity index (χ1v) is 5.93. The molecule has 0 bridgehead atoms. The molecule has 0 atom stereocenters. The molecule has 0 aliphatic heterocycles. The van der Waals surface area contributed by atoms with Gasteiger partial charge in [0.1, 0.15) is 5.69 Å². The summed E-state index contributed by atoms with van der Waals surface area (Å²) in [4.78, 5) is 0.544. The first-order chi connectivity index (χ1) is 8.52. The van der Waals surface area contributed by atoms with Gasteiger partial charge < -0.3 is 4.52 Å². The Hall–Kier alpha value is -1.37. The third kappa shape index (κ3) is 2.72. The molecule has 0 saturated carbocycles. The summed E-state index contributed by atoms with van der Waals surface area (Å²) < 4.78 is 53.4. The van der Waals surface area contributed by atoms with Crippen molar-refractivity contribution in [2.24, 2.45) is 0 Å². The number of alkyl halides is 4. The molecule has 0 unspecified atom stereocenters. The van der Waals surface area contributed by atoms with Crippen LogP contribution in [-0.4, -0.2) is 11.8 Å². The summed E-state index contributed by atoms with van der Waals surface area (Å²) in [6.45, 7) is -0.470. The molecular formula is C11H8F4NOS. The molecule has 2 aromatic heterocycles. The summed E-state index contributed by atoms with van der Waals surface area (Å²) in [5.41, 5.74) is 0.849. The summed E-state index contributed by atoms with van der Waals surface area (Å²) in [5.74, 6) is -1.14. The van der Waals surface area contributed by atoms with E-state index < -0.39 is 18.6 Å². The van der Waals surface area contributed by atoms with Crippen LogP contribution in [-0.2, 0) is 12.6 Å². The van der Waals surface area contributed by atoms with Gasteiger partial charge in [0.05, 0.1) is 11.6 Å². The summed E-state index contributed by atoms with van der Waals surface area (Å²) in [6, 6.07) is 2.48. The molecule has 18 heavy (non-hydrogen) atoms. The molecule has 97 valence electrons. The lowest BCUT2D eigenvalue weighted by molar-refractivity contribution is -0.155. The number of hydrogen-bond acceptors (Lipinski definition) is 3. The summed E-state index contributed by atoms with van der Waals surface area (Å²) in [5, 5.41) is 6.21. The maximum absolute atomic E-state index is 12.4. The molecule has 2 nitrogen and oxygen atoms in total. The number of nitrogens with zero attached hydrogens (tertiary/aromatic N) is 1. The van der Waals surface area contributed by atoms with Crippen molar-refractivity contribution < 1.29 is 22.1 Å². The van der Waals surface area contributed by atoms with Crippen LogP contribution in [0.5, 0.6) is 0 Å². The van der Waals surface area contributed by atoms with Gasteiger partial charge in [-0.2, -0.15) is 13.2 Å². The lowest BCUT2D eigenvalue weighted by Gasteiger charge is -1.98. The van der Waals surface area contributed by atoms with Crippen molar-refractivity contribution in [1.82, 2.24) is 5.16 Å². The predicted molar refractivity (Wildman–Crippen MR) is 58.0 cm³/mol. The molecule has 0 fully saturated rings. The van der Waals surface area contributed by atoms with E-state index in [-0.39, 0.29) is 5.69 Å². The van der Waals surface area contributed by atoms with Crippen molar-refractivity contribution >= 4 is 11.3 Å². The number of halogens is 4. The van der Waals surface area contributed by atoms with Gasteiger partial charge >= 0.3 is 6.18 Å². The fraction of sp³-hybridized carbons (Fsp3) is 0.364. The van der Waals surface area contributed by atoms with Crippen LogP contribution < -0.4 is 0 Å². The van der Waals surface area contributed by atoms with E-state index in [1.807, 2.05) is 0 Å². The van der Waals surface area contributed by atoms with Crippen LogP contribution in [0.15, 0.2) is 16.7 Å². The van der Waals surface area contributed by atoms with Crippen molar-refractivity contribution in [3.8, 4) is 10.6 Å². The minimum atomic E-state index is -4.55. The Morgan fingerprint density at radius 3 is 2.78 bits per heavy atom. The lowest BCUT2D eigenvalue weighted by Crippen LogP contribution is -2.02. The average Bonchev–Trinajstić information content (AvgIpc) is 2.93. The number of thiophene rings is 1. The van der Waals surface area contributed by atoms with Crippen LogP contribution in [0.3, 0.4) is 0 Å². The van der Waals surface area contributed by atoms with Gasteiger partial charge in [-0.3, -0.25) is 4.39 Å². The molecule has 7 heteroatoms. The Labute approximate surface area is 104 Å². The molecule has 0 saturated heterocycles. The van der Waals surface area contributed by atoms with Crippen LogP contribution in [0.1, 0.15) is 17.7 Å². The van der Waals surface area contributed by atoms with Gasteiger partial charge in [0.2, 0.25) is 5.76 Å². The first-order valence-electron chi connectivity index (χ1n) is 5.11. The van der Waals surface area contributed by atoms with E-state index in [2.05, 4.69) is 15.1 Å². The van der Waals surface area contributed by atoms with Crippen molar-refractivity contribution in [3.63, 3.8) is 0 Å². The van der Waals surface area contributed by atoms with E-state index in [9.17, 15) is 17.6 Å². The third-order valence-electron chi connectivity index (χ3n) is 2.29. The molecule has 0 N–H and O–H groups in total. The normalized spacial score (nSPS) is 12.0. The van der Waals surface area contributed by atoms with Crippen molar-refractivity contribution in [1.29, 1.82) is 0 Å². The SMILES string of the molecule is FCCCc1c[c]sc1-c1cc(C(F)(F)F)on1. The largest absolute Gasteiger partial charge is 0.452 e. The number of aryl methyl sites for hydroxylation is 1. The molecule has 0 spiro atoms. The first kappa shape index (κ1) is 13.1. The maximum Gasteiger partial charge on any atom is 0.452 e. The Morgan fingerprint density at radius 2 is 2.17 bits per heavy atom. The van der Waals surface area contributed by atoms with E-state index in [4.69, 9.17) is 0 Å². The van der Waals surface area contributed by atoms with E-state index in [1.165, 1.54) is 0 Å². The second-order valence-corrected chi connectivity index (χ2v) is 4.43. The van der Waals surface area contributed by atoms with Gasteiger partial charge in [-0.1, -0.05) is 5.16 Å². The highest BCUT2D eigenvalue weighted by Gasteiger charge is 2.36. The fourth-order valence-electron chi connectivity index (χ4n) is 1.47. The minimum Gasteiger partial charge on any atom is -0.351 e. The van der Waals surface area contributed by atoms with Gasteiger partial charge in [0.25, 0.3) is 0 Å². The van der Waals surface area contributed by atoms with Crippen LogP contribution in [0.4, 0.5) is 17.6 Å². The molecule has 0 aromatic carbocycles. The van der Waals surface area contributed by atoms with E-state index in [0.717, 1.165) is 23.0 Å². The molecule has 2 rings (SSSR count). The highest BCUT2D eigenvalue weighted by Crippen LogP contribution is 2.35. The second-order valence-electron chi connectivity index (χ2n) is 3.59. The molecule has 0 aliphatic carbocycles. The monoisotopic (exact) mass is 278 g/mol. The topological polar surface area (TPSA) is 26.0 Å². The molecule has 0 aliphatic rings. The molecule has 2 heterocycles. The number of aromatic nitrogens is 1. The van der Waals surface area contributed by atoms with Gasteiger partial charge in [-0.25, -0.2) is 0 Å². The van der Waals surface area contributed by atoms with Crippen LogP contribution in [0, 0.1) is 5.38 Å². The quantitative estimate of drug-likeness (QED) is 0.786. The van der Waals surface area contributed by atoms with Gasteiger partial charge in [-0.05, 0) is 24.5 Å². The zero-order valence-electron chi connectivity index (χ0n) is 9.05. The highest BCUT2D eigenvalue weighted by atomic mass is 32.1. The lowest BCUT2D eigenvalue weighted by atomic mass is 10.1. The van der Waals surface area contributed by atoms with Crippen molar-refractivity contribution in [3.05, 3.63) is 28.8 Å². The second kappa shape index (κ2) is 5.09. The zero-order chi connectivity index (χ0) is 13.2. The van der Waals surface area contributed by atoms with E-state index >= 15 is 0 Å². The number of rotatable bonds is 4.